The minimum atomic E-state index is 0.362. The first kappa shape index (κ1) is 11.7. The third-order valence-electron chi connectivity index (χ3n) is 3.61. The molecule has 0 aromatic heterocycles. The van der Waals surface area contributed by atoms with E-state index < -0.39 is 0 Å². The van der Waals surface area contributed by atoms with Crippen LogP contribution in [0.5, 0.6) is 0 Å². The van der Waals surface area contributed by atoms with Crippen LogP contribution in [0.25, 0.3) is 0 Å². The van der Waals surface area contributed by atoms with Crippen LogP contribution in [0.2, 0.25) is 0 Å². The second-order valence-corrected chi connectivity index (χ2v) is 6.64. The molecule has 3 heteroatoms. The van der Waals surface area contributed by atoms with E-state index in [1.807, 2.05) is 0 Å². The number of hydrogen-bond donors (Lipinski definition) is 1. The Kier molecular flexibility index (Phi) is 4.35. The Bertz CT molecular complexity index is 200. The van der Waals surface area contributed by atoms with E-state index in [1.54, 1.807) is 0 Å². The zero-order chi connectivity index (χ0) is 10.7. The van der Waals surface area contributed by atoms with Crippen molar-refractivity contribution in [3.05, 3.63) is 0 Å². The molecule has 1 aliphatic heterocycles. The summed E-state index contributed by atoms with van der Waals surface area (Å²) in [5.74, 6) is 0.914. The molecule has 4 atom stereocenters. The average molecular weight is 229 g/mol. The van der Waals surface area contributed by atoms with Gasteiger partial charge in [-0.15, -0.1) is 0 Å². The minimum absolute atomic E-state index is 0.362. The average Bonchev–Trinajstić information content (AvgIpc) is 2.22. The lowest BCUT2D eigenvalue weighted by Crippen LogP contribution is -2.42. The van der Waals surface area contributed by atoms with Crippen LogP contribution in [0, 0.1) is 5.92 Å². The predicted molar refractivity (Wildman–Crippen MR) is 66.2 cm³/mol. The van der Waals surface area contributed by atoms with Crippen molar-refractivity contribution in [2.24, 2.45) is 11.7 Å². The number of hydrogen-bond acceptors (Lipinski definition) is 3. The summed E-state index contributed by atoms with van der Waals surface area (Å²) < 4.78 is 5.52. The highest BCUT2D eigenvalue weighted by Gasteiger charge is 2.28. The van der Waals surface area contributed by atoms with Crippen molar-refractivity contribution in [1.29, 1.82) is 0 Å². The van der Waals surface area contributed by atoms with Crippen molar-refractivity contribution >= 4 is 11.8 Å². The highest BCUT2D eigenvalue weighted by molar-refractivity contribution is 8.00. The first-order valence-corrected chi connectivity index (χ1v) is 7.19. The number of thioether (sulfide) groups is 1. The molecule has 2 nitrogen and oxygen atoms in total. The maximum absolute atomic E-state index is 6.13. The van der Waals surface area contributed by atoms with Crippen molar-refractivity contribution < 1.29 is 4.74 Å². The summed E-state index contributed by atoms with van der Waals surface area (Å²) >= 11 is 2.10. The Balaban J connectivity index is 1.79. The second-order valence-electron chi connectivity index (χ2n) is 5.10. The summed E-state index contributed by atoms with van der Waals surface area (Å²) in [6.07, 6.45) is 6.64. The topological polar surface area (TPSA) is 35.2 Å². The summed E-state index contributed by atoms with van der Waals surface area (Å²) in [5, 5.41) is 1.39. The molecule has 2 N–H and O–H groups in total. The summed E-state index contributed by atoms with van der Waals surface area (Å²) in [4.78, 5) is 0. The van der Waals surface area contributed by atoms with Gasteiger partial charge >= 0.3 is 0 Å². The van der Waals surface area contributed by atoms with E-state index in [0.717, 1.165) is 30.8 Å². The summed E-state index contributed by atoms with van der Waals surface area (Å²) in [7, 11) is 0. The largest absolute Gasteiger partial charge is 0.380 e. The Labute approximate surface area is 97.3 Å². The van der Waals surface area contributed by atoms with Gasteiger partial charge in [0.1, 0.15) is 0 Å². The van der Waals surface area contributed by atoms with Gasteiger partial charge in [-0.25, -0.2) is 0 Å². The maximum Gasteiger partial charge on any atom is 0.0600 e. The van der Waals surface area contributed by atoms with Crippen LogP contribution in [-0.2, 0) is 4.74 Å². The maximum atomic E-state index is 6.13. The van der Waals surface area contributed by atoms with E-state index in [0.29, 0.717) is 11.3 Å². The minimum Gasteiger partial charge on any atom is -0.380 e. The first-order valence-electron chi connectivity index (χ1n) is 6.24. The molecule has 0 radical (unpaired) electrons. The molecule has 4 unspecified atom stereocenters. The molecule has 15 heavy (non-hydrogen) atoms. The summed E-state index contributed by atoms with van der Waals surface area (Å²) in [6, 6.07) is 0.362. The Hall–Kier alpha value is 0.270. The normalized spacial score (nSPS) is 42.8. The summed E-state index contributed by atoms with van der Waals surface area (Å²) in [5.41, 5.74) is 6.13. The third kappa shape index (κ3) is 3.36. The van der Waals surface area contributed by atoms with Crippen LogP contribution < -0.4 is 5.73 Å². The Morgan fingerprint density at radius 3 is 2.87 bits per heavy atom. The van der Waals surface area contributed by atoms with Crippen LogP contribution in [0.3, 0.4) is 0 Å². The molecule has 0 aromatic rings. The molecular weight excluding hydrogens is 206 g/mol. The zero-order valence-electron chi connectivity index (χ0n) is 9.65. The fourth-order valence-corrected chi connectivity index (χ4v) is 4.37. The number of ether oxygens (including phenoxy) is 1. The van der Waals surface area contributed by atoms with Crippen LogP contribution in [0.4, 0.5) is 0 Å². The predicted octanol–water partition coefficient (Wildman–Crippen LogP) is 2.41. The molecule has 2 aliphatic rings. The van der Waals surface area contributed by atoms with Gasteiger partial charge in [0.05, 0.1) is 6.61 Å². The summed E-state index contributed by atoms with van der Waals surface area (Å²) in [6.45, 7) is 4.11. The monoisotopic (exact) mass is 229 g/mol. The molecule has 2 fully saturated rings. The Morgan fingerprint density at radius 2 is 2.13 bits per heavy atom. The molecule has 0 spiro atoms. The molecule has 1 saturated heterocycles. The Morgan fingerprint density at radius 1 is 1.27 bits per heavy atom. The van der Waals surface area contributed by atoms with Crippen LogP contribution in [0.15, 0.2) is 0 Å². The van der Waals surface area contributed by atoms with Crippen molar-refractivity contribution in [3.8, 4) is 0 Å². The highest BCUT2D eigenvalue weighted by atomic mass is 32.2. The van der Waals surface area contributed by atoms with Gasteiger partial charge in [-0.05, 0) is 25.2 Å². The van der Waals surface area contributed by atoms with Crippen molar-refractivity contribution in [1.82, 2.24) is 0 Å². The lowest BCUT2D eigenvalue weighted by molar-refractivity contribution is 0.0913. The van der Waals surface area contributed by atoms with E-state index in [2.05, 4.69) is 18.7 Å². The van der Waals surface area contributed by atoms with E-state index in [-0.39, 0.29) is 0 Å². The third-order valence-corrected chi connectivity index (χ3v) is 5.26. The second kappa shape index (κ2) is 5.55. The van der Waals surface area contributed by atoms with E-state index >= 15 is 0 Å². The van der Waals surface area contributed by atoms with Gasteiger partial charge in [0.2, 0.25) is 0 Å². The van der Waals surface area contributed by atoms with Gasteiger partial charge in [0, 0.05) is 23.1 Å². The highest BCUT2D eigenvalue weighted by Crippen LogP contribution is 2.35. The lowest BCUT2D eigenvalue weighted by atomic mass is 9.90. The van der Waals surface area contributed by atoms with Gasteiger partial charge in [-0.1, -0.05) is 19.8 Å². The van der Waals surface area contributed by atoms with E-state index in [1.165, 1.54) is 25.7 Å². The number of nitrogens with two attached hydrogens (primary N) is 1. The van der Waals surface area contributed by atoms with Crippen molar-refractivity contribution in [2.45, 2.75) is 55.6 Å². The molecule has 2 rings (SSSR count). The van der Waals surface area contributed by atoms with Gasteiger partial charge in [0.15, 0.2) is 0 Å². The van der Waals surface area contributed by atoms with Gasteiger partial charge in [-0.3, -0.25) is 0 Å². The van der Waals surface area contributed by atoms with Crippen LogP contribution in [0.1, 0.15) is 39.0 Å². The SMILES string of the molecule is CC1CCCC(SC2COCCC2N)C1. The molecule has 0 aromatic carbocycles. The molecule has 1 saturated carbocycles. The molecule has 1 aliphatic carbocycles. The van der Waals surface area contributed by atoms with Crippen LogP contribution in [-0.4, -0.2) is 29.8 Å². The zero-order valence-corrected chi connectivity index (χ0v) is 10.5. The van der Waals surface area contributed by atoms with E-state index in [4.69, 9.17) is 10.5 Å². The first-order chi connectivity index (χ1) is 7.25. The molecule has 0 bridgehead atoms. The molecule has 88 valence electrons. The van der Waals surface area contributed by atoms with Gasteiger partial charge < -0.3 is 10.5 Å². The fourth-order valence-electron chi connectivity index (χ4n) is 2.62. The number of rotatable bonds is 2. The van der Waals surface area contributed by atoms with E-state index in [9.17, 15) is 0 Å². The molecular formula is C12H23NOS. The quantitative estimate of drug-likeness (QED) is 0.790. The standard InChI is InChI=1S/C12H23NOS/c1-9-3-2-4-10(7-9)15-12-8-14-6-5-11(12)13/h9-12H,2-8,13H2,1H3. The lowest BCUT2D eigenvalue weighted by Gasteiger charge is -2.34. The van der Waals surface area contributed by atoms with Gasteiger partial charge in [-0.2, -0.15) is 11.8 Å². The molecule has 1 heterocycles. The van der Waals surface area contributed by atoms with Crippen molar-refractivity contribution in [2.75, 3.05) is 13.2 Å². The van der Waals surface area contributed by atoms with Gasteiger partial charge in [0.25, 0.3) is 0 Å². The molecule has 0 amide bonds. The van der Waals surface area contributed by atoms with Crippen LogP contribution >= 0.6 is 11.8 Å². The smallest absolute Gasteiger partial charge is 0.0600 e. The fraction of sp³-hybridized carbons (Fsp3) is 1.00. The van der Waals surface area contributed by atoms with Crippen molar-refractivity contribution in [3.63, 3.8) is 0 Å².